The summed E-state index contributed by atoms with van der Waals surface area (Å²) in [6.45, 7) is 3.55. The smallest absolute Gasteiger partial charge is 0.224 e. The summed E-state index contributed by atoms with van der Waals surface area (Å²) < 4.78 is 0. The van der Waals surface area contributed by atoms with Crippen molar-refractivity contribution in [3.8, 4) is 6.07 Å². The number of rotatable bonds is 4. The van der Waals surface area contributed by atoms with Gasteiger partial charge in [0.2, 0.25) is 5.91 Å². The number of benzene rings is 1. The van der Waals surface area contributed by atoms with Crippen molar-refractivity contribution in [1.82, 2.24) is 0 Å². The van der Waals surface area contributed by atoms with Crippen molar-refractivity contribution in [3.05, 3.63) is 42.5 Å². The largest absolute Gasteiger partial charge is 0.326 e. The van der Waals surface area contributed by atoms with E-state index in [1.165, 1.54) is 0 Å². The van der Waals surface area contributed by atoms with Gasteiger partial charge in [-0.25, -0.2) is 0 Å². The van der Waals surface area contributed by atoms with Crippen LogP contribution in [0, 0.1) is 11.3 Å². The highest BCUT2D eigenvalue weighted by Crippen LogP contribution is 2.09. The second-order valence-corrected chi connectivity index (χ2v) is 3.06. The van der Waals surface area contributed by atoms with Crippen LogP contribution in [-0.4, -0.2) is 5.91 Å². The highest BCUT2D eigenvalue weighted by molar-refractivity contribution is 5.90. The van der Waals surface area contributed by atoms with Gasteiger partial charge in [0.25, 0.3) is 0 Å². The van der Waals surface area contributed by atoms with E-state index >= 15 is 0 Å². The van der Waals surface area contributed by atoms with Gasteiger partial charge in [0, 0.05) is 12.1 Å². The molecule has 0 saturated heterocycles. The molecule has 0 atom stereocenters. The molecule has 76 valence electrons. The zero-order chi connectivity index (χ0) is 11.1. The number of carbonyl (C=O) groups excluding carboxylic acids is 1. The number of amides is 1. The summed E-state index contributed by atoms with van der Waals surface area (Å²) in [5.41, 5.74) is 1.29. The molecule has 3 nitrogen and oxygen atoms in total. The topological polar surface area (TPSA) is 52.9 Å². The fourth-order valence-electron chi connectivity index (χ4n) is 1.08. The Morgan fingerprint density at radius 1 is 1.47 bits per heavy atom. The molecule has 1 aromatic carbocycles. The maximum atomic E-state index is 11.3. The molecular weight excluding hydrogens is 188 g/mol. The first kappa shape index (κ1) is 11.0. The van der Waals surface area contributed by atoms with Crippen LogP contribution in [0.5, 0.6) is 0 Å². The predicted octanol–water partition coefficient (Wildman–Crippen LogP) is 2.46. The highest BCUT2D eigenvalue weighted by atomic mass is 16.1. The maximum absolute atomic E-state index is 11.3. The molecule has 1 N–H and O–H groups in total. The van der Waals surface area contributed by atoms with Crippen molar-refractivity contribution in [2.24, 2.45) is 0 Å². The Balaban J connectivity index is 2.54. The standard InChI is InChI=1S/C12H12N2O/c1-2-3-4-12(15)14-11-7-5-10(9-13)6-8-11/h2,5-8H,1,3-4H2,(H,14,15). The normalized spacial score (nSPS) is 9.00. The fraction of sp³-hybridized carbons (Fsp3) is 0.167. The van der Waals surface area contributed by atoms with Gasteiger partial charge in [0.1, 0.15) is 0 Å². The fourth-order valence-corrected chi connectivity index (χ4v) is 1.08. The first-order chi connectivity index (χ1) is 7.26. The van der Waals surface area contributed by atoms with Crippen LogP contribution in [0.25, 0.3) is 0 Å². The zero-order valence-corrected chi connectivity index (χ0v) is 8.36. The Morgan fingerprint density at radius 2 is 2.13 bits per heavy atom. The van der Waals surface area contributed by atoms with Crippen molar-refractivity contribution >= 4 is 11.6 Å². The van der Waals surface area contributed by atoms with Crippen LogP contribution >= 0.6 is 0 Å². The van der Waals surface area contributed by atoms with Crippen molar-refractivity contribution in [2.75, 3.05) is 5.32 Å². The lowest BCUT2D eigenvalue weighted by Gasteiger charge is -2.03. The highest BCUT2D eigenvalue weighted by Gasteiger charge is 2.00. The van der Waals surface area contributed by atoms with Gasteiger partial charge in [-0.15, -0.1) is 6.58 Å². The van der Waals surface area contributed by atoms with Crippen molar-refractivity contribution in [3.63, 3.8) is 0 Å². The van der Waals surface area contributed by atoms with Gasteiger partial charge >= 0.3 is 0 Å². The van der Waals surface area contributed by atoms with Crippen LogP contribution in [0.15, 0.2) is 36.9 Å². The zero-order valence-electron chi connectivity index (χ0n) is 8.36. The van der Waals surface area contributed by atoms with Crippen LogP contribution in [0.3, 0.4) is 0 Å². The van der Waals surface area contributed by atoms with Gasteiger partial charge < -0.3 is 5.32 Å². The first-order valence-electron chi connectivity index (χ1n) is 4.67. The molecular formula is C12H12N2O. The van der Waals surface area contributed by atoms with Crippen molar-refractivity contribution in [1.29, 1.82) is 5.26 Å². The summed E-state index contributed by atoms with van der Waals surface area (Å²) >= 11 is 0. The molecule has 0 heterocycles. The van der Waals surface area contributed by atoms with E-state index in [-0.39, 0.29) is 5.91 Å². The maximum Gasteiger partial charge on any atom is 0.224 e. The van der Waals surface area contributed by atoms with Gasteiger partial charge in [-0.1, -0.05) is 6.08 Å². The van der Waals surface area contributed by atoms with E-state index in [0.717, 1.165) is 0 Å². The van der Waals surface area contributed by atoms with Crippen LogP contribution in [-0.2, 0) is 4.79 Å². The number of hydrogen-bond donors (Lipinski definition) is 1. The molecule has 0 bridgehead atoms. The molecule has 0 aliphatic carbocycles. The minimum atomic E-state index is -0.0420. The Kier molecular flexibility index (Phi) is 4.11. The second kappa shape index (κ2) is 5.61. The Morgan fingerprint density at radius 3 is 2.67 bits per heavy atom. The van der Waals surface area contributed by atoms with Crippen LogP contribution < -0.4 is 5.32 Å². The molecule has 3 heteroatoms. The van der Waals surface area contributed by atoms with Gasteiger partial charge in [-0.2, -0.15) is 5.26 Å². The number of nitriles is 1. The third-order valence-corrected chi connectivity index (χ3v) is 1.87. The average Bonchev–Trinajstić information content (AvgIpc) is 2.27. The SMILES string of the molecule is C=CCCC(=O)Nc1ccc(C#N)cc1. The quantitative estimate of drug-likeness (QED) is 0.759. The number of allylic oxidation sites excluding steroid dienone is 1. The lowest BCUT2D eigenvalue weighted by Crippen LogP contribution is -2.10. The Bertz CT molecular complexity index is 387. The summed E-state index contributed by atoms with van der Waals surface area (Å²) in [6, 6.07) is 8.78. The lowest BCUT2D eigenvalue weighted by molar-refractivity contribution is -0.116. The lowest BCUT2D eigenvalue weighted by atomic mass is 10.2. The molecule has 0 aliphatic rings. The van der Waals surface area contributed by atoms with Crippen molar-refractivity contribution in [2.45, 2.75) is 12.8 Å². The monoisotopic (exact) mass is 200 g/mol. The number of hydrogen-bond acceptors (Lipinski definition) is 2. The van der Waals surface area contributed by atoms with E-state index in [4.69, 9.17) is 5.26 Å². The molecule has 1 amide bonds. The van der Waals surface area contributed by atoms with E-state index in [1.54, 1.807) is 30.3 Å². The molecule has 0 unspecified atom stereocenters. The van der Waals surface area contributed by atoms with Crippen LogP contribution in [0.1, 0.15) is 18.4 Å². The molecule has 0 saturated carbocycles. The van der Waals surface area contributed by atoms with Crippen LogP contribution in [0.4, 0.5) is 5.69 Å². The number of carbonyl (C=O) groups is 1. The summed E-state index contributed by atoms with van der Waals surface area (Å²) in [7, 11) is 0. The third-order valence-electron chi connectivity index (χ3n) is 1.87. The summed E-state index contributed by atoms with van der Waals surface area (Å²) in [6.07, 6.45) is 2.81. The first-order valence-corrected chi connectivity index (χ1v) is 4.67. The van der Waals surface area contributed by atoms with E-state index in [1.807, 2.05) is 6.07 Å². The molecule has 0 aliphatic heterocycles. The van der Waals surface area contributed by atoms with Gasteiger partial charge in [-0.3, -0.25) is 4.79 Å². The van der Waals surface area contributed by atoms with Crippen LogP contribution in [0.2, 0.25) is 0 Å². The molecule has 0 spiro atoms. The van der Waals surface area contributed by atoms with Gasteiger partial charge in [-0.05, 0) is 30.7 Å². The summed E-state index contributed by atoms with van der Waals surface area (Å²) in [5.74, 6) is -0.0420. The van der Waals surface area contributed by atoms with Gasteiger partial charge in [0.15, 0.2) is 0 Å². The molecule has 15 heavy (non-hydrogen) atoms. The van der Waals surface area contributed by atoms with E-state index in [9.17, 15) is 4.79 Å². The van der Waals surface area contributed by atoms with Gasteiger partial charge in [0.05, 0.1) is 11.6 Å². The second-order valence-electron chi connectivity index (χ2n) is 3.06. The molecule has 0 fully saturated rings. The third kappa shape index (κ3) is 3.65. The molecule has 0 aromatic heterocycles. The average molecular weight is 200 g/mol. The van der Waals surface area contributed by atoms with E-state index < -0.39 is 0 Å². The minimum absolute atomic E-state index is 0.0420. The van der Waals surface area contributed by atoms with E-state index in [2.05, 4.69) is 11.9 Å². The number of anilines is 1. The molecule has 1 aromatic rings. The summed E-state index contributed by atoms with van der Waals surface area (Å²) in [5, 5.41) is 11.3. The number of nitrogens with one attached hydrogen (secondary N) is 1. The summed E-state index contributed by atoms with van der Waals surface area (Å²) in [4.78, 5) is 11.3. The molecule has 1 rings (SSSR count). The Labute approximate surface area is 89.0 Å². The van der Waals surface area contributed by atoms with Crippen molar-refractivity contribution < 1.29 is 4.79 Å². The molecule has 0 radical (unpaired) electrons. The number of nitrogens with zero attached hydrogens (tertiary/aromatic N) is 1. The Hall–Kier alpha value is -2.08. The van der Waals surface area contributed by atoms with E-state index in [0.29, 0.717) is 24.1 Å². The predicted molar refractivity (Wildman–Crippen MR) is 59.2 cm³/mol. The minimum Gasteiger partial charge on any atom is -0.326 e.